The van der Waals surface area contributed by atoms with E-state index in [4.69, 9.17) is 9.15 Å². The Kier molecular flexibility index (Phi) is 5.06. The van der Waals surface area contributed by atoms with Gasteiger partial charge in [0.05, 0.1) is 0 Å². The van der Waals surface area contributed by atoms with Crippen molar-refractivity contribution in [1.29, 1.82) is 0 Å². The van der Waals surface area contributed by atoms with Crippen molar-refractivity contribution in [3.8, 4) is 0 Å². The van der Waals surface area contributed by atoms with Crippen LogP contribution < -0.4 is 4.90 Å². The van der Waals surface area contributed by atoms with E-state index in [1.54, 1.807) is 18.5 Å². The summed E-state index contributed by atoms with van der Waals surface area (Å²) >= 11 is 0. The van der Waals surface area contributed by atoms with Gasteiger partial charge < -0.3 is 14.1 Å². The van der Waals surface area contributed by atoms with E-state index < -0.39 is 12.0 Å². The monoisotopic (exact) mass is 379 g/mol. The summed E-state index contributed by atoms with van der Waals surface area (Å²) in [5, 5.41) is 0.886. The molecule has 4 rings (SSSR count). The SMILES string of the molecule is Cc1c(C(=O)COC(=O)C2CCCCN2c2ncccn2)oc2ccccc12. The highest BCUT2D eigenvalue weighted by Crippen LogP contribution is 2.26. The predicted molar refractivity (Wildman–Crippen MR) is 103 cm³/mol. The summed E-state index contributed by atoms with van der Waals surface area (Å²) in [5.41, 5.74) is 1.41. The number of nitrogens with zero attached hydrogens (tertiary/aromatic N) is 3. The summed E-state index contributed by atoms with van der Waals surface area (Å²) in [7, 11) is 0. The maximum atomic E-state index is 12.7. The average molecular weight is 379 g/mol. The molecule has 1 fully saturated rings. The Morgan fingerprint density at radius 1 is 1.18 bits per heavy atom. The minimum atomic E-state index is -0.485. The minimum Gasteiger partial charge on any atom is -0.456 e. The number of para-hydroxylation sites is 1. The van der Waals surface area contributed by atoms with Crippen molar-refractivity contribution in [3.05, 3.63) is 54.0 Å². The molecule has 1 atom stereocenters. The number of fused-ring (bicyclic) bond motifs is 1. The zero-order valence-corrected chi connectivity index (χ0v) is 15.6. The standard InChI is InChI=1S/C21H21N3O4/c1-14-15-7-2-3-9-18(15)28-19(14)17(25)13-27-20(26)16-8-4-5-12-24(16)21-22-10-6-11-23-21/h2-3,6-7,9-11,16H,4-5,8,12-13H2,1H3. The number of piperidine rings is 1. The molecule has 0 amide bonds. The van der Waals surface area contributed by atoms with Crippen LogP contribution in [0.3, 0.4) is 0 Å². The van der Waals surface area contributed by atoms with Crippen LogP contribution in [0.25, 0.3) is 11.0 Å². The number of ketones is 1. The summed E-state index contributed by atoms with van der Waals surface area (Å²) in [4.78, 5) is 35.6. The normalized spacial score (nSPS) is 16.9. The third-order valence-electron chi connectivity index (χ3n) is 5.03. The fourth-order valence-corrected chi connectivity index (χ4v) is 3.59. The van der Waals surface area contributed by atoms with Gasteiger partial charge in [-0.05, 0) is 38.3 Å². The molecule has 7 nitrogen and oxygen atoms in total. The second-order valence-corrected chi connectivity index (χ2v) is 6.84. The third-order valence-corrected chi connectivity index (χ3v) is 5.03. The molecule has 0 radical (unpaired) electrons. The molecule has 1 aromatic carbocycles. The van der Waals surface area contributed by atoms with Gasteiger partial charge in [-0.3, -0.25) is 4.79 Å². The maximum Gasteiger partial charge on any atom is 0.329 e. The van der Waals surface area contributed by atoms with Gasteiger partial charge in [-0.1, -0.05) is 18.2 Å². The molecule has 2 aromatic heterocycles. The number of anilines is 1. The van der Waals surface area contributed by atoms with Crippen LogP contribution in [-0.2, 0) is 9.53 Å². The molecule has 0 spiro atoms. The average Bonchev–Trinajstić information content (AvgIpc) is 3.09. The number of hydrogen-bond acceptors (Lipinski definition) is 7. The molecule has 0 saturated carbocycles. The molecule has 0 aliphatic carbocycles. The predicted octanol–water partition coefficient (Wildman–Crippen LogP) is 3.32. The van der Waals surface area contributed by atoms with Crippen LogP contribution in [0.2, 0.25) is 0 Å². The topological polar surface area (TPSA) is 85.5 Å². The first kappa shape index (κ1) is 18.2. The summed E-state index contributed by atoms with van der Waals surface area (Å²) in [5.74, 6) is -0.0425. The van der Waals surface area contributed by atoms with Crippen molar-refractivity contribution in [2.45, 2.75) is 32.2 Å². The van der Waals surface area contributed by atoms with E-state index >= 15 is 0 Å². The maximum absolute atomic E-state index is 12.7. The van der Waals surface area contributed by atoms with Crippen LogP contribution in [0.15, 0.2) is 47.1 Å². The molecular formula is C21H21N3O4. The van der Waals surface area contributed by atoms with Crippen LogP contribution in [0.1, 0.15) is 35.4 Å². The van der Waals surface area contributed by atoms with Crippen molar-refractivity contribution in [2.75, 3.05) is 18.1 Å². The smallest absolute Gasteiger partial charge is 0.329 e. The van der Waals surface area contributed by atoms with Gasteiger partial charge in [-0.2, -0.15) is 0 Å². The van der Waals surface area contributed by atoms with E-state index in [0.717, 1.165) is 23.8 Å². The minimum absolute atomic E-state index is 0.237. The number of rotatable bonds is 5. The Morgan fingerprint density at radius 2 is 1.96 bits per heavy atom. The van der Waals surface area contributed by atoms with Crippen molar-refractivity contribution < 1.29 is 18.7 Å². The van der Waals surface area contributed by atoms with Crippen molar-refractivity contribution >= 4 is 28.7 Å². The summed E-state index contributed by atoms with van der Waals surface area (Å²) in [6.45, 7) is 2.16. The third kappa shape index (κ3) is 3.47. The lowest BCUT2D eigenvalue weighted by atomic mass is 10.0. The van der Waals surface area contributed by atoms with E-state index in [9.17, 15) is 9.59 Å². The highest BCUT2D eigenvalue weighted by atomic mass is 16.5. The quantitative estimate of drug-likeness (QED) is 0.496. The number of carbonyl (C=O) groups is 2. The zero-order chi connectivity index (χ0) is 19.5. The number of benzene rings is 1. The molecule has 1 aliphatic heterocycles. The second-order valence-electron chi connectivity index (χ2n) is 6.84. The van der Waals surface area contributed by atoms with Gasteiger partial charge in [0.2, 0.25) is 11.7 Å². The van der Waals surface area contributed by atoms with Crippen molar-refractivity contribution in [2.24, 2.45) is 0 Å². The fourth-order valence-electron chi connectivity index (χ4n) is 3.59. The van der Waals surface area contributed by atoms with E-state index in [2.05, 4.69) is 9.97 Å². The van der Waals surface area contributed by atoms with Crippen LogP contribution >= 0.6 is 0 Å². The van der Waals surface area contributed by atoms with Gasteiger partial charge in [0.25, 0.3) is 0 Å². The number of aryl methyl sites for hydroxylation is 1. The molecule has 0 bridgehead atoms. The first-order valence-electron chi connectivity index (χ1n) is 9.37. The first-order valence-corrected chi connectivity index (χ1v) is 9.37. The second kappa shape index (κ2) is 7.80. The van der Waals surface area contributed by atoms with Crippen LogP contribution in [-0.4, -0.2) is 40.9 Å². The molecule has 144 valence electrons. The van der Waals surface area contributed by atoms with E-state index in [1.807, 2.05) is 36.1 Å². The van der Waals surface area contributed by atoms with Gasteiger partial charge in [-0.15, -0.1) is 0 Å². The Labute approximate surface area is 162 Å². The number of carbonyl (C=O) groups excluding carboxylic acids is 2. The molecule has 3 heterocycles. The largest absolute Gasteiger partial charge is 0.456 e. The van der Waals surface area contributed by atoms with Gasteiger partial charge in [0.15, 0.2) is 12.4 Å². The molecule has 0 N–H and O–H groups in total. The molecule has 3 aromatic rings. The highest BCUT2D eigenvalue weighted by Gasteiger charge is 2.32. The summed E-state index contributed by atoms with van der Waals surface area (Å²) in [6.07, 6.45) is 5.81. The number of Topliss-reactive ketones (excluding diaryl/α,β-unsaturated/α-hetero) is 1. The number of furan rings is 1. The van der Waals surface area contributed by atoms with Crippen LogP contribution in [0, 0.1) is 6.92 Å². The van der Waals surface area contributed by atoms with Crippen LogP contribution in [0.5, 0.6) is 0 Å². The summed E-state index contributed by atoms with van der Waals surface area (Å²) < 4.78 is 11.0. The molecule has 1 saturated heterocycles. The van der Waals surface area contributed by atoms with Gasteiger partial charge >= 0.3 is 5.97 Å². The summed E-state index contributed by atoms with van der Waals surface area (Å²) in [6, 6.07) is 8.70. The Balaban J connectivity index is 1.45. The Hall–Kier alpha value is -3.22. The van der Waals surface area contributed by atoms with Crippen molar-refractivity contribution in [3.63, 3.8) is 0 Å². The molecule has 28 heavy (non-hydrogen) atoms. The highest BCUT2D eigenvalue weighted by molar-refractivity contribution is 6.01. The van der Waals surface area contributed by atoms with E-state index in [-0.39, 0.29) is 18.2 Å². The lowest BCUT2D eigenvalue weighted by molar-refractivity contribution is -0.144. The van der Waals surface area contributed by atoms with Gasteiger partial charge in [0.1, 0.15) is 11.6 Å². The van der Waals surface area contributed by atoms with Gasteiger partial charge in [0, 0.05) is 29.9 Å². The lowest BCUT2D eigenvalue weighted by Crippen LogP contribution is -2.46. The van der Waals surface area contributed by atoms with Crippen LogP contribution in [0.4, 0.5) is 5.95 Å². The van der Waals surface area contributed by atoms with E-state index in [0.29, 0.717) is 24.5 Å². The number of aromatic nitrogens is 2. The lowest BCUT2D eigenvalue weighted by Gasteiger charge is -2.33. The fraction of sp³-hybridized carbons (Fsp3) is 0.333. The van der Waals surface area contributed by atoms with E-state index in [1.165, 1.54) is 0 Å². The number of esters is 1. The number of hydrogen-bond donors (Lipinski definition) is 0. The first-order chi connectivity index (χ1) is 13.6. The number of ether oxygens (including phenoxy) is 1. The molecule has 1 unspecified atom stereocenters. The zero-order valence-electron chi connectivity index (χ0n) is 15.6. The Morgan fingerprint density at radius 3 is 2.75 bits per heavy atom. The molecule has 1 aliphatic rings. The van der Waals surface area contributed by atoms with Crippen molar-refractivity contribution in [1.82, 2.24) is 9.97 Å². The molecular weight excluding hydrogens is 358 g/mol. The molecule has 7 heteroatoms. The Bertz CT molecular complexity index is 999. The van der Waals surface area contributed by atoms with Gasteiger partial charge in [-0.25, -0.2) is 14.8 Å².